The number of likely N-dealkylation sites (N-methyl/N-ethyl adjacent to an activating group) is 1. The fourth-order valence-corrected chi connectivity index (χ4v) is 11.5. The molecule has 0 amide bonds. The van der Waals surface area contributed by atoms with Gasteiger partial charge in [0, 0.05) is 12.8 Å². The molecule has 0 aliphatic heterocycles. The van der Waals surface area contributed by atoms with Gasteiger partial charge in [0.15, 0.2) is 6.10 Å². The van der Waals surface area contributed by atoms with Gasteiger partial charge in [0.2, 0.25) is 0 Å². The maximum atomic E-state index is 12.9. The Morgan fingerprint density at radius 2 is 0.643 bits per heavy atom. The van der Waals surface area contributed by atoms with E-state index < -0.39 is 26.5 Å². The summed E-state index contributed by atoms with van der Waals surface area (Å²) in [6.07, 6.45) is 85.2. The molecule has 0 saturated carbocycles. The van der Waals surface area contributed by atoms with Gasteiger partial charge in [-0.1, -0.05) is 319 Å². The molecule has 0 fully saturated rings. The minimum absolute atomic E-state index is 0.0335. The number of phosphoric acid groups is 1. The molecule has 0 spiro atoms. The van der Waals surface area contributed by atoms with Crippen LogP contribution in [0, 0.1) is 0 Å². The number of unbranched alkanes of at least 4 members (excludes halogenated alkanes) is 46. The van der Waals surface area contributed by atoms with Gasteiger partial charge in [-0.05, 0) is 77.0 Å². The molecule has 0 heterocycles. The summed E-state index contributed by atoms with van der Waals surface area (Å²) in [5.74, 6) is -0.781. The monoisotopic (exact) mass is 1200 g/mol. The molecule has 0 aliphatic carbocycles. The second-order valence-corrected chi connectivity index (χ2v) is 27.4. The van der Waals surface area contributed by atoms with Crippen LogP contribution in [0.15, 0.2) is 48.6 Å². The summed E-state index contributed by atoms with van der Waals surface area (Å²) in [5.41, 5.74) is 0. The van der Waals surface area contributed by atoms with Crippen molar-refractivity contribution in [2.45, 2.75) is 367 Å². The third-order valence-electron chi connectivity index (χ3n) is 16.3. The number of nitrogens with zero attached hydrogens (tertiary/aromatic N) is 1. The molecule has 0 aliphatic rings. The summed E-state index contributed by atoms with van der Waals surface area (Å²) in [6.45, 7) is 4.48. The van der Waals surface area contributed by atoms with Crippen molar-refractivity contribution >= 4 is 19.8 Å². The first-order valence-corrected chi connectivity index (χ1v) is 37.9. The Balaban J connectivity index is 3.92. The summed E-state index contributed by atoms with van der Waals surface area (Å²) in [5, 5.41) is 0. The lowest BCUT2D eigenvalue weighted by Crippen LogP contribution is -2.37. The largest absolute Gasteiger partial charge is 0.472 e. The van der Waals surface area contributed by atoms with Crippen molar-refractivity contribution in [2.24, 2.45) is 0 Å². The second kappa shape index (κ2) is 65.4. The molecule has 10 heteroatoms. The van der Waals surface area contributed by atoms with Crippen molar-refractivity contribution < 1.29 is 42.1 Å². The molecule has 0 aromatic rings. The van der Waals surface area contributed by atoms with Crippen LogP contribution in [0.2, 0.25) is 0 Å². The number of carbonyl (C=O) groups excluding carboxylic acids is 2. The number of quaternary nitrogens is 1. The summed E-state index contributed by atoms with van der Waals surface area (Å²) >= 11 is 0. The molecule has 1 N–H and O–H groups in total. The van der Waals surface area contributed by atoms with E-state index in [4.69, 9.17) is 18.5 Å². The number of phosphoric ester groups is 1. The Morgan fingerprint density at radius 3 is 0.964 bits per heavy atom. The van der Waals surface area contributed by atoms with E-state index in [1.165, 1.54) is 283 Å². The van der Waals surface area contributed by atoms with Crippen molar-refractivity contribution in [1.82, 2.24) is 0 Å². The van der Waals surface area contributed by atoms with Crippen LogP contribution in [0.1, 0.15) is 361 Å². The van der Waals surface area contributed by atoms with E-state index in [0.29, 0.717) is 23.9 Å². The topological polar surface area (TPSA) is 108 Å². The zero-order valence-corrected chi connectivity index (χ0v) is 57.3. The normalized spacial score (nSPS) is 13.4. The molecule has 2 unspecified atom stereocenters. The van der Waals surface area contributed by atoms with Crippen LogP contribution in [0.5, 0.6) is 0 Å². The zero-order valence-electron chi connectivity index (χ0n) is 56.4. The minimum Gasteiger partial charge on any atom is -0.462 e. The number of rotatable bonds is 68. The first kappa shape index (κ1) is 82.0. The van der Waals surface area contributed by atoms with E-state index in [1.54, 1.807) is 0 Å². The molecule has 0 aromatic carbocycles. The number of allylic oxidation sites excluding steroid dienone is 8. The first-order valence-electron chi connectivity index (χ1n) is 36.4. The van der Waals surface area contributed by atoms with E-state index in [1.807, 2.05) is 21.1 Å². The Hall–Kier alpha value is -2.03. The first-order chi connectivity index (χ1) is 41.0. The number of carbonyl (C=O) groups is 2. The Kier molecular flexibility index (Phi) is 63.8. The number of hydrogen-bond donors (Lipinski definition) is 1. The van der Waals surface area contributed by atoms with Gasteiger partial charge in [-0.2, -0.15) is 0 Å². The van der Waals surface area contributed by atoms with E-state index in [2.05, 4.69) is 62.5 Å². The van der Waals surface area contributed by atoms with Crippen molar-refractivity contribution in [2.75, 3.05) is 47.5 Å². The molecule has 84 heavy (non-hydrogen) atoms. The predicted molar refractivity (Wildman–Crippen MR) is 363 cm³/mol. The van der Waals surface area contributed by atoms with Gasteiger partial charge in [-0.3, -0.25) is 18.6 Å². The molecule has 2 atom stereocenters. The van der Waals surface area contributed by atoms with Crippen molar-refractivity contribution in [3.8, 4) is 0 Å². The zero-order chi connectivity index (χ0) is 61.2. The highest BCUT2D eigenvalue weighted by atomic mass is 31.2. The van der Waals surface area contributed by atoms with Crippen molar-refractivity contribution in [1.29, 1.82) is 0 Å². The number of ether oxygens (including phenoxy) is 2. The van der Waals surface area contributed by atoms with Gasteiger partial charge in [-0.25, -0.2) is 4.57 Å². The summed E-state index contributed by atoms with van der Waals surface area (Å²) in [4.78, 5) is 35.9. The smallest absolute Gasteiger partial charge is 0.462 e. The third-order valence-corrected chi connectivity index (χ3v) is 17.3. The second-order valence-electron chi connectivity index (χ2n) is 26.0. The Morgan fingerprint density at radius 1 is 0.369 bits per heavy atom. The molecule has 0 aromatic heterocycles. The minimum atomic E-state index is -4.39. The molecular weight excluding hydrogens is 1060 g/mol. The van der Waals surface area contributed by atoms with Crippen LogP contribution in [0.4, 0.5) is 0 Å². The third kappa shape index (κ3) is 69.1. The van der Waals surface area contributed by atoms with Crippen molar-refractivity contribution in [3.63, 3.8) is 0 Å². The van der Waals surface area contributed by atoms with E-state index in [0.717, 1.165) is 44.9 Å². The maximum absolute atomic E-state index is 12.9. The Labute approximate surface area is 522 Å². The van der Waals surface area contributed by atoms with Crippen LogP contribution in [-0.2, 0) is 32.7 Å². The standard InChI is InChI=1S/C74H140NO8P/c1-6-8-10-12-14-16-18-20-22-24-26-28-29-30-31-32-33-34-35-36-37-38-39-40-41-42-43-44-45-47-49-51-53-55-57-59-61-63-65-67-74(77)83-72(71-82-84(78,79)81-69-68-75(3,4)5)70-80-73(76)66-64-62-60-58-56-54-52-50-48-46-27-25-23-21-19-17-15-13-11-9-7-2/h18,20,24-27,29-30,72H,6-17,19,21-23,28,31-71H2,1-5H3/p+1/b20-18-,26-24-,27-25-,30-29-. The van der Waals surface area contributed by atoms with E-state index in [9.17, 15) is 19.0 Å². The number of hydrogen-bond acceptors (Lipinski definition) is 7. The molecular formula is C74H141NO8P+. The fourth-order valence-electron chi connectivity index (χ4n) is 10.7. The average Bonchev–Trinajstić information content (AvgIpc) is 3.61. The molecule has 494 valence electrons. The van der Waals surface area contributed by atoms with Crippen LogP contribution < -0.4 is 0 Å². The van der Waals surface area contributed by atoms with Crippen LogP contribution in [-0.4, -0.2) is 74.9 Å². The number of esters is 2. The molecule has 0 bridgehead atoms. The SMILES string of the molecule is CCCCCCC/C=C\C/C=C\C/C=C\CCCCCCCCCCCCCCCCCCCCCCCCCCC(=O)OC(COC(=O)CCCCCCCCCCC/C=C\CCCCCCCCCC)COP(=O)(O)OCC[N+](C)(C)C. The quantitative estimate of drug-likeness (QED) is 0.0211. The fraction of sp³-hybridized carbons (Fsp3) is 0.865. The summed E-state index contributed by atoms with van der Waals surface area (Å²) in [6, 6.07) is 0. The average molecular weight is 1200 g/mol. The van der Waals surface area contributed by atoms with Crippen LogP contribution >= 0.6 is 7.82 Å². The van der Waals surface area contributed by atoms with Gasteiger partial charge in [0.1, 0.15) is 19.8 Å². The molecule has 9 nitrogen and oxygen atoms in total. The van der Waals surface area contributed by atoms with E-state index >= 15 is 0 Å². The van der Waals surface area contributed by atoms with Crippen LogP contribution in [0.3, 0.4) is 0 Å². The van der Waals surface area contributed by atoms with Crippen molar-refractivity contribution in [3.05, 3.63) is 48.6 Å². The molecule has 0 saturated heterocycles. The highest BCUT2D eigenvalue weighted by Crippen LogP contribution is 2.43. The Bertz CT molecular complexity index is 1560. The van der Waals surface area contributed by atoms with Gasteiger partial charge in [0.05, 0.1) is 27.7 Å². The van der Waals surface area contributed by atoms with Gasteiger partial charge < -0.3 is 18.9 Å². The van der Waals surface area contributed by atoms with Gasteiger partial charge in [-0.15, -0.1) is 0 Å². The van der Waals surface area contributed by atoms with E-state index in [-0.39, 0.29) is 25.6 Å². The maximum Gasteiger partial charge on any atom is 0.472 e. The van der Waals surface area contributed by atoms with Gasteiger partial charge in [0.25, 0.3) is 0 Å². The molecule has 0 rings (SSSR count). The predicted octanol–water partition coefficient (Wildman–Crippen LogP) is 23.6. The molecule has 0 radical (unpaired) electrons. The lowest BCUT2D eigenvalue weighted by Gasteiger charge is -2.24. The van der Waals surface area contributed by atoms with Gasteiger partial charge >= 0.3 is 19.8 Å². The lowest BCUT2D eigenvalue weighted by molar-refractivity contribution is -0.870. The summed E-state index contributed by atoms with van der Waals surface area (Å²) in [7, 11) is 1.49. The highest BCUT2D eigenvalue weighted by molar-refractivity contribution is 7.47. The summed E-state index contributed by atoms with van der Waals surface area (Å²) < 4.78 is 34.7. The van der Waals surface area contributed by atoms with Crippen LogP contribution in [0.25, 0.3) is 0 Å². The lowest BCUT2D eigenvalue weighted by atomic mass is 10.0. The highest BCUT2D eigenvalue weighted by Gasteiger charge is 2.27.